The number of hydrogen-bond donors (Lipinski definition) is 1. The first-order valence-electron chi connectivity index (χ1n) is 12.1. The quantitative estimate of drug-likeness (QED) is 0.367. The van der Waals surface area contributed by atoms with Crippen LogP contribution in [-0.2, 0) is 24.6 Å². The van der Waals surface area contributed by atoms with Crippen LogP contribution in [0.1, 0.15) is 44.0 Å². The van der Waals surface area contributed by atoms with Crippen molar-refractivity contribution in [3.63, 3.8) is 0 Å². The zero-order chi connectivity index (χ0) is 26.4. The lowest BCUT2D eigenvalue weighted by Gasteiger charge is -2.19. The van der Waals surface area contributed by atoms with Crippen LogP contribution in [0.3, 0.4) is 0 Å². The largest absolute Gasteiger partial charge is 0.444 e. The molecule has 0 aliphatic heterocycles. The van der Waals surface area contributed by atoms with Gasteiger partial charge in [-0.1, -0.05) is 18.2 Å². The van der Waals surface area contributed by atoms with Crippen molar-refractivity contribution in [1.82, 2.24) is 34.8 Å². The Bertz CT molecular complexity index is 1420. The smallest absolute Gasteiger partial charge is 0.407 e. The van der Waals surface area contributed by atoms with E-state index in [0.717, 1.165) is 35.2 Å². The van der Waals surface area contributed by atoms with Crippen LogP contribution in [0.4, 0.5) is 4.79 Å². The molecule has 0 saturated heterocycles. The molecule has 4 aromatic rings. The van der Waals surface area contributed by atoms with E-state index in [1.54, 1.807) is 34.2 Å². The predicted octanol–water partition coefficient (Wildman–Crippen LogP) is 3.47. The topological polar surface area (TPSA) is 117 Å². The number of ether oxygens (including phenoxy) is 1. The van der Waals surface area contributed by atoms with E-state index in [0.29, 0.717) is 24.5 Å². The van der Waals surface area contributed by atoms with Crippen molar-refractivity contribution < 1.29 is 9.53 Å². The van der Waals surface area contributed by atoms with Crippen molar-refractivity contribution in [1.29, 1.82) is 0 Å². The number of nitrogens with zero attached hydrogens (tertiary/aromatic N) is 6. The highest BCUT2D eigenvalue weighted by atomic mass is 16.6. The van der Waals surface area contributed by atoms with Crippen LogP contribution in [-0.4, -0.2) is 47.8 Å². The van der Waals surface area contributed by atoms with Gasteiger partial charge in [0.1, 0.15) is 17.0 Å². The van der Waals surface area contributed by atoms with Gasteiger partial charge >= 0.3 is 6.09 Å². The van der Waals surface area contributed by atoms with Gasteiger partial charge in [0.2, 0.25) is 5.43 Å². The van der Waals surface area contributed by atoms with Crippen LogP contribution in [0.5, 0.6) is 0 Å². The molecule has 1 aromatic carbocycles. The lowest BCUT2D eigenvalue weighted by Crippen LogP contribution is -2.33. The number of carbonyl (C=O) groups is 1. The average molecular weight is 502 g/mol. The fourth-order valence-corrected chi connectivity index (χ4v) is 3.68. The third-order valence-corrected chi connectivity index (χ3v) is 5.41. The number of aryl methyl sites for hydroxylation is 2. The molecule has 0 bridgehead atoms. The molecular weight excluding hydrogens is 470 g/mol. The van der Waals surface area contributed by atoms with E-state index >= 15 is 0 Å². The summed E-state index contributed by atoms with van der Waals surface area (Å²) in [6, 6.07) is 9.31. The molecule has 0 radical (unpaired) electrons. The first-order valence-corrected chi connectivity index (χ1v) is 12.1. The van der Waals surface area contributed by atoms with Gasteiger partial charge in [0.05, 0.1) is 12.4 Å². The standard InChI is InChI=1S/C27H31N7O3/c1-27(2,3)37-26(36)28-11-6-8-20-15-29-25(30-16-20)21-9-5-7-19(13-21)14-23-24(35)10-12-34(32-23)22-17-31-33(4)18-22/h5,7,9-10,12-13,15-18H,6,8,11,14H2,1-4H3,(H,28,36). The van der Waals surface area contributed by atoms with E-state index in [1.807, 2.05) is 58.3 Å². The molecule has 1 amide bonds. The molecule has 0 atom stereocenters. The molecule has 4 rings (SSSR count). The maximum Gasteiger partial charge on any atom is 0.407 e. The van der Waals surface area contributed by atoms with E-state index in [2.05, 4.69) is 25.5 Å². The van der Waals surface area contributed by atoms with E-state index in [1.165, 1.54) is 6.07 Å². The van der Waals surface area contributed by atoms with Crippen LogP contribution >= 0.6 is 0 Å². The van der Waals surface area contributed by atoms with Crippen molar-refractivity contribution in [3.05, 3.63) is 88.4 Å². The number of nitrogens with one attached hydrogen (secondary N) is 1. The Balaban J connectivity index is 1.37. The number of benzene rings is 1. The van der Waals surface area contributed by atoms with Crippen LogP contribution < -0.4 is 10.7 Å². The van der Waals surface area contributed by atoms with Gasteiger partial charge in [-0.2, -0.15) is 10.2 Å². The number of rotatable bonds is 8. The summed E-state index contributed by atoms with van der Waals surface area (Å²) >= 11 is 0. The summed E-state index contributed by atoms with van der Waals surface area (Å²) in [4.78, 5) is 33.2. The van der Waals surface area contributed by atoms with Gasteiger partial charge in [0.15, 0.2) is 5.82 Å². The van der Waals surface area contributed by atoms with Crippen molar-refractivity contribution in [3.8, 4) is 17.1 Å². The lowest BCUT2D eigenvalue weighted by atomic mass is 10.1. The fourth-order valence-electron chi connectivity index (χ4n) is 3.68. The second-order valence-electron chi connectivity index (χ2n) is 9.77. The zero-order valence-corrected chi connectivity index (χ0v) is 21.5. The minimum absolute atomic E-state index is 0.118. The third kappa shape index (κ3) is 7.33. The molecule has 3 heterocycles. The molecule has 0 saturated carbocycles. The summed E-state index contributed by atoms with van der Waals surface area (Å²) in [5.74, 6) is 0.603. The van der Waals surface area contributed by atoms with Gasteiger partial charge in [0, 0.05) is 50.2 Å². The highest BCUT2D eigenvalue weighted by Crippen LogP contribution is 2.18. The molecule has 1 N–H and O–H groups in total. The molecule has 10 nitrogen and oxygen atoms in total. The van der Waals surface area contributed by atoms with Crippen molar-refractivity contribution in [2.24, 2.45) is 7.05 Å². The molecule has 0 spiro atoms. The Morgan fingerprint density at radius 3 is 2.57 bits per heavy atom. The Morgan fingerprint density at radius 2 is 1.86 bits per heavy atom. The summed E-state index contributed by atoms with van der Waals surface area (Å²) in [5, 5.41) is 11.4. The predicted molar refractivity (Wildman–Crippen MR) is 139 cm³/mol. The molecule has 192 valence electrons. The van der Waals surface area contributed by atoms with Crippen molar-refractivity contribution in [2.45, 2.75) is 45.6 Å². The Kier molecular flexibility index (Phi) is 7.76. The third-order valence-electron chi connectivity index (χ3n) is 5.41. The summed E-state index contributed by atoms with van der Waals surface area (Å²) < 4.78 is 8.57. The fraction of sp³-hybridized carbons (Fsp3) is 0.333. The molecule has 0 aliphatic carbocycles. The number of aromatic nitrogens is 6. The van der Waals surface area contributed by atoms with Crippen molar-refractivity contribution >= 4 is 6.09 Å². The van der Waals surface area contributed by atoms with E-state index in [-0.39, 0.29) is 5.43 Å². The molecule has 0 aliphatic rings. The second kappa shape index (κ2) is 11.2. The van der Waals surface area contributed by atoms with Crippen LogP contribution in [0.25, 0.3) is 17.1 Å². The molecule has 10 heteroatoms. The molecule has 37 heavy (non-hydrogen) atoms. The highest BCUT2D eigenvalue weighted by molar-refractivity contribution is 5.67. The Labute approximate surface area is 215 Å². The summed E-state index contributed by atoms with van der Waals surface area (Å²) in [7, 11) is 1.83. The summed E-state index contributed by atoms with van der Waals surface area (Å²) in [6.07, 6.45) is 10.2. The normalized spacial score (nSPS) is 11.4. The molecule has 0 unspecified atom stereocenters. The first-order chi connectivity index (χ1) is 17.7. The van der Waals surface area contributed by atoms with Gasteiger partial charge in [-0.05, 0) is 50.8 Å². The van der Waals surface area contributed by atoms with Crippen LogP contribution in [0.2, 0.25) is 0 Å². The maximum absolute atomic E-state index is 12.5. The second-order valence-corrected chi connectivity index (χ2v) is 9.77. The lowest BCUT2D eigenvalue weighted by molar-refractivity contribution is 0.0527. The summed E-state index contributed by atoms with van der Waals surface area (Å²) in [5.41, 5.74) is 3.38. The first kappa shape index (κ1) is 25.7. The van der Waals surface area contributed by atoms with Crippen LogP contribution in [0.15, 0.2) is 66.1 Å². The van der Waals surface area contributed by atoms with Crippen molar-refractivity contribution in [2.75, 3.05) is 6.54 Å². The van der Waals surface area contributed by atoms with E-state index in [4.69, 9.17) is 4.74 Å². The minimum Gasteiger partial charge on any atom is -0.444 e. The molecular formula is C27H31N7O3. The summed E-state index contributed by atoms with van der Waals surface area (Å²) in [6.45, 7) is 6.01. The monoisotopic (exact) mass is 501 g/mol. The average Bonchev–Trinajstić information content (AvgIpc) is 3.29. The number of carbonyl (C=O) groups excluding carboxylic acids is 1. The van der Waals surface area contributed by atoms with Gasteiger partial charge in [0.25, 0.3) is 0 Å². The Morgan fingerprint density at radius 1 is 1.08 bits per heavy atom. The Hall–Kier alpha value is -4.34. The minimum atomic E-state index is -0.512. The van der Waals surface area contributed by atoms with Gasteiger partial charge in [-0.3, -0.25) is 9.48 Å². The highest BCUT2D eigenvalue weighted by Gasteiger charge is 2.15. The maximum atomic E-state index is 12.5. The van der Waals surface area contributed by atoms with Gasteiger partial charge < -0.3 is 10.1 Å². The molecule has 3 aromatic heterocycles. The van der Waals surface area contributed by atoms with E-state index < -0.39 is 11.7 Å². The van der Waals surface area contributed by atoms with Gasteiger partial charge in [-0.25, -0.2) is 19.4 Å². The zero-order valence-electron chi connectivity index (χ0n) is 21.5. The number of alkyl carbamates (subject to hydrolysis) is 1. The number of amides is 1. The molecule has 0 fully saturated rings. The number of hydrogen-bond acceptors (Lipinski definition) is 7. The van der Waals surface area contributed by atoms with Crippen LogP contribution in [0, 0.1) is 0 Å². The SMILES string of the molecule is Cn1cc(-n2ccc(=O)c(Cc3cccc(-c4ncc(CCCNC(=O)OC(C)(C)C)cn4)c3)n2)cn1. The van der Waals surface area contributed by atoms with Gasteiger partial charge in [-0.15, -0.1) is 0 Å². The van der Waals surface area contributed by atoms with E-state index in [9.17, 15) is 9.59 Å².